The first-order valence-corrected chi connectivity index (χ1v) is 6.73. The highest BCUT2D eigenvalue weighted by atomic mass is 19.1. The molecule has 1 aliphatic heterocycles. The number of hydrogen-bond acceptors (Lipinski definition) is 2. The number of rotatable bonds is 2. The number of benzene rings is 1. The molecule has 1 spiro atoms. The summed E-state index contributed by atoms with van der Waals surface area (Å²) in [5.41, 5.74) is 1.42. The Hall–Kier alpha value is -1.38. The molecule has 0 unspecified atom stereocenters. The molecule has 0 amide bonds. The lowest BCUT2D eigenvalue weighted by molar-refractivity contribution is 0.112. The molecule has 1 heterocycles. The van der Waals surface area contributed by atoms with Crippen LogP contribution >= 0.6 is 0 Å². The first kappa shape index (κ1) is 11.7. The molecular formula is C15H18FNO. The zero-order chi connectivity index (χ0) is 12.6. The Balaban J connectivity index is 1.88. The van der Waals surface area contributed by atoms with Crippen molar-refractivity contribution >= 4 is 12.0 Å². The number of carbonyl (C=O) groups is 1. The summed E-state index contributed by atoms with van der Waals surface area (Å²) >= 11 is 0. The van der Waals surface area contributed by atoms with Crippen molar-refractivity contribution in [3.05, 3.63) is 29.6 Å². The van der Waals surface area contributed by atoms with E-state index < -0.39 is 5.82 Å². The number of carbonyl (C=O) groups excluding carboxylic acids is 1. The van der Waals surface area contributed by atoms with E-state index in [1.807, 2.05) is 6.07 Å². The van der Waals surface area contributed by atoms with E-state index in [2.05, 4.69) is 4.90 Å². The summed E-state index contributed by atoms with van der Waals surface area (Å²) in [6, 6.07) is 4.91. The van der Waals surface area contributed by atoms with E-state index in [9.17, 15) is 9.18 Å². The van der Waals surface area contributed by atoms with Gasteiger partial charge in [0.25, 0.3) is 0 Å². The smallest absolute Gasteiger partial charge is 0.155 e. The van der Waals surface area contributed by atoms with Crippen LogP contribution in [0, 0.1) is 11.2 Å². The molecule has 18 heavy (non-hydrogen) atoms. The molecule has 2 aliphatic rings. The van der Waals surface area contributed by atoms with Crippen LogP contribution in [0.2, 0.25) is 0 Å². The minimum atomic E-state index is -0.408. The van der Waals surface area contributed by atoms with Crippen molar-refractivity contribution in [2.75, 3.05) is 18.0 Å². The van der Waals surface area contributed by atoms with Gasteiger partial charge in [-0.25, -0.2) is 4.39 Å². The highest BCUT2D eigenvalue weighted by Gasteiger charge is 2.40. The van der Waals surface area contributed by atoms with Crippen molar-refractivity contribution < 1.29 is 9.18 Å². The summed E-state index contributed by atoms with van der Waals surface area (Å²) in [6.07, 6.45) is 7.03. The van der Waals surface area contributed by atoms with Crippen molar-refractivity contribution in [2.45, 2.75) is 32.1 Å². The van der Waals surface area contributed by atoms with E-state index in [0.717, 1.165) is 18.8 Å². The molecule has 1 aromatic rings. The highest BCUT2D eigenvalue weighted by Crippen LogP contribution is 2.46. The van der Waals surface area contributed by atoms with Gasteiger partial charge in [-0.3, -0.25) is 4.79 Å². The molecule has 0 radical (unpaired) electrons. The van der Waals surface area contributed by atoms with Crippen molar-refractivity contribution in [1.29, 1.82) is 0 Å². The average molecular weight is 247 g/mol. The molecule has 0 atom stereocenters. The van der Waals surface area contributed by atoms with Crippen LogP contribution in [0.4, 0.5) is 10.1 Å². The van der Waals surface area contributed by atoms with Gasteiger partial charge in [-0.05, 0) is 36.8 Å². The van der Waals surface area contributed by atoms with Gasteiger partial charge in [0.2, 0.25) is 0 Å². The molecule has 3 rings (SSSR count). The monoisotopic (exact) mass is 247 g/mol. The minimum absolute atomic E-state index is 0.215. The number of hydrogen-bond donors (Lipinski definition) is 0. The standard InChI is InChI=1S/C15H18FNO/c16-13-4-3-5-14(12(13)10-18)17-9-8-15(11-17)6-1-2-7-15/h3-5,10H,1-2,6-9,11H2. The number of nitrogens with zero attached hydrogens (tertiary/aromatic N) is 1. The highest BCUT2D eigenvalue weighted by molar-refractivity contribution is 5.85. The fourth-order valence-electron chi connectivity index (χ4n) is 3.59. The maximum atomic E-state index is 13.6. The van der Waals surface area contributed by atoms with Crippen LogP contribution in [-0.2, 0) is 0 Å². The Bertz CT molecular complexity index is 466. The van der Waals surface area contributed by atoms with Crippen molar-refractivity contribution in [2.24, 2.45) is 5.41 Å². The quantitative estimate of drug-likeness (QED) is 0.746. The Morgan fingerprint density at radius 2 is 2.00 bits per heavy atom. The first-order valence-electron chi connectivity index (χ1n) is 6.73. The zero-order valence-corrected chi connectivity index (χ0v) is 10.5. The SMILES string of the molecule is O=Cc1c(F)cccc1N1CCC2(CCCC2)C1. The normalized spacial score (nSPS) is 21.7. The van der Waals surface area contributed by atoms with E-state index in [1.165, 1.54) is 38.2 Å². The molecule has 0 bridgehead atoms. The second-order valence-corrected chi connectivity index (χ2v) is 5.67. The summed E-state index contributed by atoms with van der Waals surface area (Å²) in [4.78, 5) is 13.2. The van der Waals surface area contributed by atoms with Crippen LogP contribution in [0.15, 0.2) is 18.2 Å². The lowest BCUT2D eigenvalue weighted by atomic mass is 9.86. The molecule has 2 nitrogen and oxygen atoms in total. The summed E-state index contributed by atoms with van der Waals surface area (Å²) in [6.45, 7) is 1.93. The van der Waals surface area contributed by atoms with Crippen LogP contribution in [0.3, 0.4) is 0 Å². The van der Waals surface area contributed by atoms with Gasteiger partial charge in [-0.15, -0.1) is 0 Å². The van der Waals surface area contributed by atoms with E-state index in [-0.39, 0.29) is 5.56 Å². The van der Waals surface area contributed by atoms with Gasteiger partial charge in [-0.2, -0.15) is 0 Å². The predicted octanol–water partition coefficient (Wildman–Crippen LogP) is 3.41. The van der Waals surface area contributed by atoms with E-state index in [0.29, 0.717) is 11.7 Å². The van der Waals surface area contributed by atoms with Crippen molar-refractivity contribution in [3.63, 3.8) is 0 Å². The molecule has 0 aromatic heterocycles. The summed E-state index contributed by atoms with van der Waals surface area (Å²) < 4.78 is 13.6. The van der Waals surface area contributed by atoms with Crippen LogP contribution in [0.5, 0.6) is 0 Å². The molecular weight excluding hydrogens is 229 g/mol. The molecule has 0 N–H and O–H groups in total. The van der Waals surface area contributed by atoms with Crippen LogP contribution in [0.1, 0.15) is 42.5 Å². The third kappa shape index (κ3) is 1.82. The minimum Gasteiger partial charge on any atom is -0.370 e. The Labute approximate surface area is 107 Å². The van der Waals surface area contributed by atoms with E-state index >= 15 is 0 Å². The van der Waals surface area contributed by atoms with Crippen molar-refractivity contribution in [1.82, 2.24) is 0 Å². The van der Waals surface area contributed by atoms with E-state index in [1.54, 1.807) is 6.07 Å². The molecule has 3 heteroatoms. The summed E-state index contributed by atoms with van der Waals surface area (Å²) in [5.74, 6) is -0.408. The molecule has 96 valence electrons. The third-order valence-corrected chi connectivity index (χ3v) is 4.59. The second kappa shape index (κ2) is 4.38. The van der Waals surface area contributed by atoms with Gasteiger partial charge in [0, 0.05) is 13.1 Å². The molecule has 1 saturated carbocycles. The number of anilines is 1. The maximum absolute atomic E-state index is 13.6. The number of aldehydes is 1. The molecule has 1 aliphatic carbocycles. The van der Waals surface area contributed by atoms with Crippen LogP contribution in [-0.4, -0.2) is 19.4 Å². The van der Waals surface area contributed by atoms with Gasteiger partial charge in [0.1, 0.15) is 5.82 Å². The number of halogens is 1. The third-order valence-electron chi connectivity index (χ3n) is 4.59. The summed E-state index contributed by atoms with van der Waals surface area (Å²) in [7, 11) is 0. The maximum Gasteiger partial charge on any atom is 0.155 e. The molecule has 2 fully saturated rings. The summed E-state index contributed by atoms with van der Waals surface area (Å²) in [5, 5.41) is 0. The lowest BCUT2D eigenvalue weighted by Crippen LogP contribution is -2.25. The molecule has 1 saturated heterocycles. The van der Waals surface area contributed by atoms with Gasteiger partial charge in [0.15, 0.2) is 6.29 Å². The van der Waals surface area contributed by atoms with Gasteiger partial charge in [-0.1, -0.05) is 18.9 Å². The first-order chi connectivity index (χ1) is 8.74. The Morgan fingerprint density at radius 1 is 1.22 bits per heavy atom. The Kier molecular flexibility index (Phi) is 2.84. The van der Waals surface area contributed by atoms with Gasteiger partial charge in [0.05, 0.1) is 11.3 Å². The largest absolute Gasteiger partial charge is 0.370 e. The van der Waals surface area contributed by atoms with Gasteiger partial charge >= 0.3 is 0 Å². The van der Waals surface area contributed by atoms with Crippen LogP contribution < -0.4 is 4.90 Å². The zero-order valence-electron chi connectivity index (χ0n) is 10.5. The predicted molar refractivity (Wildman–Crippen MR) is 69.5 cm³/mol. The second-order valence-electron chi connectivity index (χ2n) is 5.67. The van der Waals surface area contributed by atoms with Crippen molar-refractivity contribution in [3.8, 4) is 0 Å². The topological polar surface area (TPSA) is 20.3 Å². The fourth-order valence-corrected chi connectivity index (χ4v) is 3.59. The average Bonchev–Trinajstić information content (AvgIpc) is 3.00. The van der Waals surface area contributed by atoms with Gasteiger partial charge < -0.3 is 4.90 Å². The molecule has 1 aromatic carbocycles. The van der Waals surface area contributed by atoms with E-state index in [4.69, 9.17) is 0 Å². The van der Waals surface area contributed by atoms with Crippen LogP contribution in [0.25, 0.3) is 0 Å². The Morgan fingerprint density at radius 3 is 2.72 bits per heavy atom. The fraction of sp³-hybridized carbons (Fsp3) is 0.533. The lowest BCUT2D eigenvalue weighted by Gasteiger charge is -2.25.